The fraction of sp³-hybridized carbons (Fsp3) is 0.471. The van der Waals surface area contributed by atoms with E-state index in [-0.39, 0.29) is 0 Å². The molecule has 0 radical (unpaired) electrons. The quantitative estimate of drug-likeness (QED) is 0.928. The van der Waals surface area contributed by atoms with E-state index in [0.717, 1.165) is 43.0 Å². The van der Waals surface area contributed by atoms with Crippen molar-refractivity contribution in [2.75, 3.05) is 25.0 Å². The number of rotatable bonds is 3. The van der Waals surface area contributed by atoms with Gasteiger partial charge in [0.25, 0.3) is 0 Å². The number of fused-ring (bicyclic) bond motifs is 1. The molecule has 2 aromatic rings. The first kappa shape index (κ1) is 13.4. The molecule has 1 aliphatic heterocycles. The molecule has 3 heteroatoms. The predicted octanol–water partition coefficient (Wildman–Crippen LogP) is 3.05. The number of benzene rings is 1. The molecule has 106 valence electrons. The van der Waals surface area contributed by atoms with Gasteiger partial charge in [0.15, 0.2) is 0 Å². The third-order valence-electron chi connectivity index (χ3n) is 4.42. The van der Waals surface area contributed by atoms with Gasteiger partial charge in [-0.3, -0.25) is 0 Å². The molecule has 0 aliphatic carbocycles. The van der Waals surface area contributed by atoms with Crippen molar-refractivity contribution in [2.45, 2.75) is 20.4 Å². The molecule has 3 rings (SSSR count). The Labute approximate surface area is 121 Å². The molecule has 2 atom stereocenters. The molecule has 1 saturated heterocycles. The summed E-state index contributed by atoms with van der Waals surface area (Å²) in [6.07, 6.45) is 0. The molecule has 2 unspecified atom stereocenters. The molecule has 1 fully saturated rings. The van der Waals surface area contributed by atoms with Gasteiger partial charge in [-0.05, 0) is 30.3 Å². The number of nitrogens with zero attached hydrogens (tertiary/aromatic N) is 2. The number of pyridine rings is 1. The van der Waals surface area contributed by atoms with Crippen LogP contribution in [0.3, 0.4) is 0 Å². The van der Waals surface area contributed by atoms with Crippen molar-refractivity contribution >= 4 is 16.6 Å². The second-order valence-corrected chi connectivity index (χ2v) is 6.05. The maximum absolute atomic E-state index is 4.90. The zero-order valence-electron chi connectivity index (χ0n) is 12.6. The maximum Gasteiger partial charge on any atom is 0.136 e. The Morgan fingerprint density at radius 3 is 2.60 bits per heavy atom. The average molecular weight is 269 g/mol. The van der Waals surface area contributed by atoms with E-state index in [4.69, 9.17) is 4.98 Å². The fourth-order valence-corrected chi connectivity index (χ4v) is 3.05. The van der Waals surface area contributed by atoms with Gasteiger partial charge >= 0.3 is 0 Å². The van der Waals surface area contributed by atoms with Crippen molar-refractivity contribution in [1.29, 1.82) is 0 Å². The Hall–Kier alpha value is -1.61. The van der Waals surface area contributed by atoms with E-state index < -0.39 is 0 Å². The van der Waals surface area contributed by atoms with Crippen molar-refractivity contribution in [2.24, 2.45) is 11.8 Å². The summed E-state index contributed by atoms with van der Waals surface area (Å²) in [6.45, 7) is 7.72. The lowest BCUT2D eigenvalue weighted by Gasteiger charge is -2.20. The molecule has 0 bridgehead atoms. The van der Waals surface area contributed by atoms with Crippen molar-refractivity contribution < 1.29 is 0 Å². The monoisotopic (exact) mass is 269 g/mol. The highest BCUT2D eigenvalue weighted by molar-refractivity contribution is 5.92. The van der Waals surface area contributed by atoms with Gasteiger partial charge in [-0.25, -0.2) is 4.98 Å². The van der Waals surface area contributed by atoms with Crippen LogP contribution in [0.15, 0.2) is 30.3 Å². The normalized spacial score (nSPS) is 22.6. The molecular weight excluding hydrogens is 246 g/mol. The average Bonchev–Trinajstić information content (AvgIpc) is 2.78. The van der Waals surface area contributed by atoms with E-state index in [1.807, 2.05) is 7.05 Å². The summed E-state index contributed by atoms with van der Waals surface area (Å²) in [5.74, 6) is 2.64. The zero-order chi connectivity index (χ0) is 14.1. The van der Waals surface area contributed by atoms with E-state index in [1.54, 1.807) is 0 Å². The lowest BCUT2D eigenvalue weighted by atomic mass is 10.0. The second kappa shape index (κ2) is 5.41. The second-order valence-electron chi connectivity index (χ2n) is 6.05. The van der Waals surface area contributed by atoms with Crippen LogP contribution in [0.5, 0.6) is 0 Å². The van der Waals surface area contributed by atoms with Crippen LogP contribution in [0.1, 0.15) is 19.5 Å². The molecule has 0 amide bonds. The minimum Gasteiger partial charge on any atom is -0.356 e. The van der Waals surface area contributed by atoms with E-state index >= 15 is 0 Å². The van der Waals surface area contributed by atoms with Gasteiger partial charge in [-0.1, -0.05) is 38.1 Å². The first-order valence-electron chi connectivity index (χ1n) is 7.47. The Balaban J connectivity index is 2.08. The topological polar surface area (TPSA) is 28.2 Å². The number of nitrogens with one attached hydrogen (secondary N) is 1. The minimum atomic E-state index is 0.739. The molecule has 1 aliphatic rings. The highest BCUT2D eigenvalue weighted by atomic mass is 15.2. The SMILES string of the molecule is CNCc1cc2ccccc2c(N2CC(C)C(C)C2)n1. The van der Waals surface area contributed by atoms with Crippen LogP contribution in [0.4, 0.5) is 5.82 Å². The summed E-state index contributed by atoms with van der Waals surface area (Å²) in [5.41, 5.74) is 1.12. The Morgan fingerprint density at radius 2 is 1.90 bits per heavy atom. The van der Waals surface area contributed by atoms with Crippen molar-refractivity contribution in [3.05, 3.63) is 36.0 Å². The van der Waals surface area contributed by atoms with Crippen LogP contribution < -0.4 is 10.2 Å². The first-order chi connectivity index (χ1) is 9.69. The van der Waals surface area contributed by atoms with Crippen LogP contribution in [-0.4, -0.2) is 25.1 Å². The largest absolute Gasteiger partial charge is 0.356 e. The molecule has 2 heterocycles. The summed E-state index contributed by atoms with van der Waals surface area (Å²) in [7, 11) is 1.97. The molecular formula is C17H23N3. The van der Waals surface area contributed by atoms with Gasteiger partial charge < -0.3 is 10.2 Å². The summed E-state index contributed by atoms with van der Waals surface area (Å²) in [6, 6.07) is 10.8. The number of anilines is 1. The molecule has 3 nitrogen and oxygen atoms in total. The Kier molecular flexibility index (Phi) is 3.62. The minimum absolute atomic E-state index is 0.739. The van der Waals surface area contributed by atoms with Crippen LogP contribution in [0.25, 0.3) is 10.8 Å². The van der Waals surface area contributed by atoms with E-state index in [0.29, 0.717) is 0 Å². The molecule has 1 N–H and O–H groups in total. The Morgan fingerprint density at radius 1 is 1.20 bits per heavy atom. The highest BCUT2D eigenvalue weighted by Gasteiger charge is 2.28. The lowest BCUT2D eigenvalue weighted by Crippen LogP contribution is -2.22. The maximum atomic E-state index is 4.90. The van der Waals surface area contributed by atoms with Gasteiger partial charge in [0.2, 0.25) is 0 Å². The van der Waals surface area contributed by atoms with Crippen LogP contribution >= 0.6 is 0 Å². The summed E-state index contributed by atoms with van der Waals surface area (Å²) in [4.78, 5) is 7.36. The fourth-order valence-electron chi connectivity index (χ4n) is 3.05. The summed E-state index contributed by atoms with van der Waals surface area (Å²) >= 11 is 0. The third kappa shape index (κ3) is 2.38. The van der Waals surface area contributed by atoms with E-state index in [9.17, 15) is 0 Å². The molecule has 20 heavy (non-hydrogen) atoms. The summed E-state index contributed by atoms with van der Waals surface area (Å²) < 4.78 is 0. The van der Waals surface area contributed by atoms with Gasteiger partial charge in [-0.15, -0.1) is 0 Å². The number of hydrogen-bond acceptors (Lipinski definition) is 3. The van der Waals surface area contributed by atoms with Gasteiger partial charge in [0, 0.05) is 25.0 Å². The molecule has 1 aromatic heterocycles. The number of aromatic nitrogens is 1. The lowest BCUT2D eigenvalue weighted by molar-refractivity contribution is 0.494. The van der Waals surface area contributed by atoms with Crippen molar-refractivity contribution in [1.82, 2.24) is 10.3 Å². The van der Waals surface area contributed by atoms with Crippen LogP contribution in [0, 0.1) is 11.8 Å². The van der Waals surface area contributed by atoms with Crippen LogP contribution in [-0.2, 0) is 6.54 Å². The third-order valence-corrected chi connectivity index (χ3v) is 4.42. The molecule has 0 spiro atoms. The van der Waals surface area contributed by atoms with Gasteiger partial charge in [0.1, 0.15) is 5.82 Å². The van der Waals surface area contributed by atoms with Crippen LogP contribution in [0.2, 0.25) is 0 Å². The summed E-state index contributed by atoms with van der Waals surface area (Å²) in [5, 5.41) is 5.76. The smallest absolute Gasteiger partial charge is 0.136 e. The highest BCUT2D eigenvalue weighted by Crippen LogP contribution is 2.32. The predicted molar refractivity (Wildman–Crippen MR) is 85.0 cm³/mol. The van der Waals surface area contributed by atoms with Crippen molar-refractivity contribution in [3.8, 4) is 0 Å². The molecule has 1 aromatic carbocycles. The standard InChI is InChI=1S/C17H23N3/c1-12-10-20(11-13(12)2)17-16-7-5-4-6-14(16)8-15(19-17)9-18-3/h4-8,12-13,18H,9-11H2,1-3H3. The van der Waals surface area contributed by atoms with Gasteiger partial charge in [0.05, 0.1) is 5.69 Å². The number of hydrogen-bond donors (Lipinski definition) is 1. The Bertz CT molecular complexity index is 598. The zero-order valence-corrected chi connectivity index (χ0v) is 12.6. The van der Waals surface area contributed by atoms with E-state index in [2.05, 4.69) is 54.4 Å². The first-order valence-corrected chi connectivity index (χ1v) is 7.47. The van der Waals surface area contributed by atoms with E-state index in [1.165, 1.54) is 10.8 Å². The van der Waals surface area contributed by atoms with Gasteiger partial charge in [-0.2, -0.15) is 0 Å². The van der Waals surface area contributed by atoms with Crippen molar-refractivity contribution in [3.63, 3.8) is 0 Å². The molecule has 0 saturated carbocycles.